The molecule has 0 saturated carbocycles. The smallest absolute Gasteiger partial charge is 0.236 e. The van der Waals surface area contributed by atoms with Crippen molar-refractivity contribution in [2.45, 2.75) is 4.05 Å². The van der Waals surface area contributed by atoms with E-state index in [4.69, 9.17) is 16.4 Å². The maximum Gasteiger partial charge on any atom is 0.236 e. The number of rotatable bonds is 4. The van der Waals surface area contributed by atoms with Gasteiger partial charge in [-0.15, -0.1) is 0 Å². The van der Waals surface area contributed by atoms with E-state index in [-0.39, 0.29) is 22.2 Å². The lowest BCUT2D eigenvalue weighted by atomic mass is 10.2. The fourth-order valence-corrected chi connectivity index (χ4v) is 1.83. The molecule has 1 aromatic carbocycles. The molecule has 1 atom stereocenters. The van der Waals surface area contributed by atoms with Crippen LogP contribution in [0, 0.1) is 5.82 Å². The van der Waals surface area contributed by atoms with Crippen molar-refractivity contribution in [1.82, 2.24) is 0 Å². The first-order valence-corrected chi connectivity index (χ1v) is 5.94. The summed E-state index contributed by atoms with van der Waals surface area (Å²) in [4.78, 5) is 8.73. The number of nitrogen functional groups attached to an aromatic ring is 1. The third-order valence-corrected chi connectivity index (χ3v) is 2.95. The molecule has 94 valence electrons. The number of halogens is 2. The van der Waals surface area contributed by atoms with Crippen molar-refractivity contribution < 1.29 is 14.0 Å². The second-order valence-electron chi connectivity index (χ2n) is 3.19. The minimum absolute atomic E-state index is 0.0846. The number of nitrogens with two attached hydrogens (primary N) is 2. The van der Waals surface area contributed by atoms with Gasteiger partial charge >= 0.3 is 0 Å². The summed E-state index contributed by atoms with van der Waals surface area (Å²) in [6.45, 7) is 0.173. The van der Waals surface area contributed by atoms with Crippen molar-refractivity contribution in [3.05, 3.63) is 29.6 Å². The molecule has 0 bridgehead atoms. The Hall–Kier alpha value is -0.930. The van der Waals surface area contributed by atoms with Crippen LogP contribution >= 0.6 is 22.6 Å². The summed E-state index contributed by atoms with van der Waals surface area (Å²) in [5.41, 5.74) is 6.32. The number of nitrogens with zero attached hydrogens (tertiary/aromatic N) is 1. The zero-order valence-corrected chi connectivity index (χ0v) is 11.3. The van der Waals surface area contributed by atoms with Gasteiger partial charge in [-0.1, -0.05) is 28.7 Å². The fourth-order valence-electron chi connectivity index (χ4n) is 1.14. The number of alkyl halides is 1. The molecular weight excluding hydrogens is 340 g/mol. The summed E-state index contributed by atoms with van der Waals surface area (Å²) in [6.07, 6.45) is 0. The SMILES string of the molecule is COC/C(=N/C(I)c1ccc(F)c(N)c1)ON. The molecule has 7 heteroatoms. The summed E-state index contributed by atoms with van der Waals surface area (Å²) in [6, 6.07) is 4.43. The van der Waals surface area contributed by atoms with Crippen molar-refractivity contribution in [2.24, 2.45) is 10.9 Å². The van der Waals surface area contributed by atoms with Gasteiger partial charge in [-0.2, -0.15) is 5.90 Å². The number of hydrogen-bond acceptors (Lipinski definition) is 5. The monoisotopic (exact) mass is 353 g/mol. The highest BCUT2D eigenvalue weighted by Gasteiger charge is 2.10. The minimum atomic E-state index is -0.450. The Morgan fingerprint density at radius 1 is 1.59 bits per heavy atom. The normalized spacial score (nSPS) is 13.5. The Kier molecular flexibility index (Phi) is 5.59. The Bertz CT molecular complexity index is 415. The van der Waals surface area contributed by atoms with E-state index in [9.17, 15) is 4.39 Å². The lowest BCUT2D eigenvalue weighted by Gasteiger charge is -2.09. The molecule has 1 rings (SSSR count). The van der Waals surface area contributed by atoms with Crippen LogP contribution in [-0.2, 0) is 9.57 Å². The number of methoxy groups -OCH3 is 1. The van der Waals surface area contributed by atoms with Crippen LogP contribution in [0.4, 0.5) is 10.1 Å². The molecule has 1 aromatic rings. The topological polar surface area (TPSA) is 82.9 Å². The molecule has 1 unspecified atom stereocenters. The van der Waals surface area contributed by atoms with Gasteiger partial charge in [-0.05, 0) is 17.7 Å². The van der Waals surface area contributed by atoms with E-state index >= 15 is 0 Å². The molecule has 17 heavy (non-hydrogen) atoms. The van der Waals surface area contributed by atoms with Crippen LogP contribution in [0.2, 0.25) is 0 Å². The average Bonchev–Trinajstić information content (AvgIpc) is 2.31. The van der Waals surface area contributed by atoms with Gasteiger partial charge in [-0.25, -0.2) is 9.38 Å². The van der Waals surface area contributed by atoms with Gasteiger partial charge in [0.2, 0.25) is 5.90 Å². The van der Waals surface area contributed by atoms with Crippen molar-refractivity contribution >= 4 is 34.2 Å². The number of aliphatic imine (C=N–C) groups is 1. The van der Waals surface area contributed by atoms with Gasteiger partial charge in [-0.3, -0.25) is 0 Å². The molecule has 0 fully saturated rings. The van der Waals surface area contributed by atoms with Crippen LogP contribution in [0.25, 0.3) is 0 Å². The van der Waals surface area contributed by atoms with Gasteiger partial charge in [0.25, 0.3) is 0 Å². The average molecular weight is 353 g/mol. The number of hydrogen-bond donors (Lipinski definition) is 2. The molecule has 0 radical (unpaired) electrons. The maximum atomic E-state index is 13.0. The molecule has 0 spiro atoms. The lowest BCUT2D eigenvalue weighted by molar-refractivity contribution is 0.204. The van der Waals surface area contributed by atoms with Crippen LogP contribution in [0.15, 0.2) is 23.2 Å². The number of ether oxygens (including phenoxy) is 1. The standard InChI is InChI=1S/C10H13FIN3O2/c1-16-5-9(17-14)15-10(12)6-2-3-7(11)8(13)4-6/h2-4,10H,5,13-14H2,1H3/b15-9-. The lowest BCUT2D eigenvalue weighted by Crippen LogP contribution is -2.16. The summed E-state index contributed by atoms with van der Waals surface area (Å²) < 4.78 is 17.6. The largest absolute Gasteiger partial charge is 0.396 e. The highest BCUT2D eigenvalue weighted by Crippen LogP contribution is 2.27. The van der Waals surface area contributed by atoms with E-state index in [2.05, 4.69) is 32.4 Å². The Balaban J connectivity index is 2.87. The molecule has 0 aliphatic heterocycles. The molecule has 0 aromatic heterocycles. The van der Waals surface area contributed by atoms with Gasteiger partial charge in [0.15, 0.2) is 0 Å². The molecule has 0 aliphatic carbocycles. The molecule has 4 N–H and O–H groups in total. The minimum Gasteiger partial charge on any atom is -0.396 e. The zero-order chi connectivity index (χ0) is 12.8. The Labute approximate surface area is 112 Å². The fraction of sp³-hybridized carbons (Fsp3) is 0.300. The first-order chi connectivity index (χ1) is 8.08. The zero-order valence-electron chi connectivity index (χ0n) is 9.19. The van der Waals surface area contributed by atoms with E-state index in [0.717, 1.165) is 5.56 Å². The van der Waals surface area contributed by atoms with Crippen LogP contribution < -0.4 is 11.6 Å². The van der Waals surface area contributed by atoms with Crippen molar-refractivity contribution in [1.29, 1.82) is 0 Å². The second-order valence-corrected chi connectivity index (χ2v) is 4.37. The summed E-state index contributed by atoms with van der Waals surface area (Å²) in [7, 11) is 1.51. The molecule has 0 aliphatic rings. The van der Waals surface area contributed by atoms with Crippen molar-refractivity contribution in [3.63, 3.8) is 0 Å². The van der Waals surface area contributed by atoms with Crippen LogP contribution in [0.3, 0.4) is 0 Å². The van der Waals surface area contributed by atoms with E-state index in [0.29, 0.717) is 0 Å². The Morgan fingerprint density at radius 3 is 2.82 bits per heavy atom. The van der Waals surface area contributed by atoms with Crippen LogP contribution in [-0.4, -0.2) is 19.6 Å². The van der Waals surface area contributed by atoms with Crippen LogP contribution in [0.1, 0.15) is 9.61 Å². The summed E-state index contributed by atoms with van der Waals surface area (Å²) in [5, 5.41) is 0. The van der Waals surface area contributed by atoms with Gasteiger partial charge in [0.05, 0.1) is 5.69 Å². The highest BCUT2D eigenvalue weighted by atomic mass is 127. The predicted molar refractivity (Wildman–Crippen MR) is 72.2 cm³/mol. The molecule has 0 heterocycles. The first-order valence-electron chi connectivity index (χ1n) is 4.69. The highest BCUT2D eigenvalue weighted by molar-refractivity contribution is 14.1. The van der Waals surface area contributed by atoms with E-state index in [1.54, 1.807) is 6.07 Å². The van der Waals surface area contributed by atoms with Gasteiger partial charge < -0.3 is 15.3 Å². The predicted octanol–water partition coefficient (Wildman–Crippen LogP) is 1.78. The van der Waals surface area contributed by atoms with Crippen molar-refractivity contribution in [2.75, 3.05) is 19.5 Å². The number of anilines is 1. The summed E-state index contributed by atoms with van der Waals surface area (Å²) >= 11 is 2.06. The van der Waals surface area contributed by atoms with E-state index in [1.807, 2.05) is 0 Å². The van der Waals surface area contributed by atoms with Gasteiger partial charge in [0.1, 0.15) is 16.5 Å². The molecule has 0 saturated heterocycles. The third-order valence-electron chi connectivity index (χ3n) is 1.96. The third kappa shape index (κ3) is 4.10. The van der Waals surface area contributed by atoms with Gasteiger partial charge in [0, 0.05) is 7.11 Å². The molecule has 5 nitrogen and oxygen atoms in total. The van der Waals surface area contributed by atoms with E-state index in [1.165, 1.54) is 19.2 Å². The Morgan fingerprint density at radius 2 is 2.29 bits per heavy atom. The first kappa shape index (κ1) is 14.1. The second kappa shape index (κ2) is 6.72. The number of benzene rings is 1. The molecular formula is C10H13FIN3O2. The molecule has 0 amide bonds. The van der Waals surface area contributed by atoms with Crippen LogP contribution in [0.5, 0.6) is 0 Å². The van der Waals surface area contributed by atoms with Crippen molar-refractivity contribution in [3.8, 4) is 0 Å². The maximum absolute atomic E-state index is 13.0. The van der Waals surface area contributed by atoms with E-state index < -0.39 is 5.82 Å². The quantitative estimate of drug-likeness (QED) is 0.164. The summed E-state index contributed by atoms with van der Waals surface area (Å²) in [5.74, 6) is 4.85.